The van der Waals surface area contributed by atoms with Gasteiger partial charge < -0.3 is 16.3 Å². The zero-order chi connectivity index (χ0) is 13.7. The molecule has 0 aliphatic carbocycles. The molecule has 4 nitrogen and oxygen atoms in total. The summed E-state index contributed by atoms with van der Waals surface area (Å²) in [5, 5.41) is 19.6. The van der Waals surface area contributed by atoms with E-state index in [9.17, 15) is 0 Å². The molecular formula is C13H14ClN3OS. The molecule has 0 bridgehead atoms. The second-order valence-corrected chi connectivity index (χ2v) is 5.21. The molecule has 1 heterocycles. The van der Waals surface area contributed by atoms with Crippen molar-refractivity contribution < 1.29 is 5.21 Å². The first-order valence-corrected chi connectivity index (χ1v) is 7.01. The minimum atomic E-state index is 0.0553. The van der Waals surface area contributed by atoms with E-state index in [2.05, 4.69) is 27.3 Å². The normalized spacial score (nSPS) is 11.7. The van der Waals surface area contributed by atoms with Crippen molar-refractivity contribution >= 4 is 28.8 Å². The molecule has 1 aromatic heterocycles. The molecule has 0 spiro atoms. The van der Waals surface area contributed by atoms with Gasteiger partial charge in [0.05, 0.1) is 0 Å². The number of nitrogens with zero attached hydrogens (tertiary/aromatic N) is 1. The Labute approximate surface area is 120 Å². The van der Waals surface area contributed by atoms with Gasteiger partial charge in [-0.3, -0.25) is 0 Å². The first-order chi connectivity index (χ1) is 9.20. The molecular weight excluding hydrogens is 282 g/mol. The fraction of sp³-hybridized carbons (Fsp3) is 0.154. The molecule has 0 atom stereocenters. The summed E-state index contributed by atoms with van der Waals surface area (Å²) in [5.74, 6) is 0.0553. The summed E-state index contributed by atoms with van der Waals surface area (Å²) in [5.41, 5.74) is 8.35. The predicted octanol–water partition coefficient (Wildman–Crippen LogP) is 2.79. The monoisotopic (exact) mass is 295 g/mol. The number of nitrogens with one attached hydrogen (secondary N) is 1. The van der Waals surface area contributed by atoms with Crippen LogP contribution in [0.2, 0.25) is 5.02 Å². The fourth-order valence-corrected chi connectivity index (χ4v) is 2.56. The number of halogens is 1. The van der Waals surface area contributed by atoms with Crippen molar-refractivity contribution in [3.05, 3.63) is 56.7 Å². The van der Waals surface area contributed by atoms with E-state index in [-0.39, 0.29) is 5.84 Å². The van der Waals surface area contributed by atoms with Gasteiger partial charge in [-0.05, 0) is 34.0 Å². The van der Waals surface area contributed by atoms with E-state index in [1.54, 1.807) is 23.5 Å². The Bertz CT molecular complexity index is 569. The summed E-state index contributed by atoms with van der Waals surface area (Å²) in [6, 6.07) is 7.43. The number of oxime groups is 1. The van der Waals surface area contributed by atoms with Gasteiger partial charge in [0.2, 0.25) is 0 Å². The summed E-state index contributed by atoms with van der Waals surface area (Å²) >= 11 is 7.84. The quantitative estimate of drug-likeness (QED) is 0.344. The van der Waals surface area contributed by atoms with Crippen molar-refractivity contribution in [2.24, 2.45) is 10.9 Å². The molecule has 4 N–H and O–H groups in total. The van der Waals surface area contributed by atoms with Gasteiger partial charge in [0.25, 0.3) is 0 Å². The second-order valence-electron chi connectivity index (χ2n) is 4.03. The van der Waals surface area contributed by atoms with Crippen molar-refractivity contribution in [3.8, 4) is 0 Å². The summed E-state index contributed by atoms with van der Waals surface area (Å²) < 4.78 is 0. The lowest BCUT2D eigenvalue weighted by Crippen LogP contribution is -2.15. The molecule has 0 aliphatic heterocycles. The highest BCUT2D eigenvalue weighted by Gasteiger charge is 2.05. The molecule has 0 saturated carbocycles. The van der Waals surface area contributed by atoms with Crippen LogP contribution >= 0.6 is 22.9 Å². The summed E-state index contributed by atoms with van der Waals surface area (Å²) in [7, 11) is 0. The maximum absolute atomic E-state index is 8.60. The van der Waals surface area contributed by atoms with Gasteiger partial charge in [-0.15, -0.1) is 0 Å². The number of amidine groups is 1. The van der Waals surface area contributed by atoms with Crippen LogP contribution in [0.1, 0.15) is 16.7 Å². The zero-order valence-electron chi connectivity index (χ0n) is 10.1. The van der Waals surface area contributed by atoms with Crippen molar-refractivity contribution in [2.75, 3.05) is 0 Å². The topological polar surface area (TPSA) is 70.6 Å². The first kappa shape index (κ1) is 13.9. The largest absolute Gasteiger partial charge is 0.409 e. The van der Waals surface area contributed by atoms with Crippen LogP contribution in [0.3, 0.4) is 0 Å². The van der Waals surface area contributed by atoms with Gasteiger partial charge in [-0.25, -0.2) is 0 Å². The van der Waals surface area contributed by atoms with Gasteiger partial charge in [0, 0.05) is 23.7 Å². The van der Waals surface area contributed by atoms with E-state index in [4.69, 9.17) is 22.5 Å². The summed E-state index contributed by atoms with van der Waals surface area (Å²) in [6.45, 7) is 1.48. The molecule has 0 unspecified atom stereocenters. The number of hydrogen-bond acceptors (Lipinski definition) is 4. The summed E-state index contributed by atoms with van der Waals surface area (Å²) in [6.07, 6.45) is 0. The van der Waals surface area contributed by atoms with Gasteiger partial charge in [-0.1, -0.05) is 28.9 Å². The van der Waals surface area contributed by atoms with Gasteiger partial charge in [0.15, 0.2) is 5.84 Å². The maximum Gasteiger partial charge on any atom is 0.170 e. The van der Waals surface area contributed by atoms with Crippen molar-refractivity contribution in [1.82, 2.24) is 5.32 Å². The third-order valence-corrected chi connectivity index (χ3v) is 3.77. The lowest BCUT2D eigenvalue weighted by molar-refractivity contribution is 0.318. The third-order valence-electron chi connectivity index (χ3n) is 2.68. The lowest BCUT2D eigenvalue weighted by atomic mass is 10.1. The average molecular weight is 296 g/mol. The molecule has 6 heteroatoms. The molecule has 0 aliphatic rings. The second kappa shape index (κ2) is 6.56. The standard InChI is InChI=1S/C13H14ClN3OS/c14-12-5-10(13(15)17-18)1-2-11(12)7-16-6-9-3-4-19-8-9/h1-5,8,16,18H,6-7H2,(H2,15,17). The highest BCUT2D eigenvalue weighted by Crippen LogP contribution is 2.18. The number of hydrogen-bond donors (Lipinski definition) is 3. The van der Waals surface area contributed by atoms with E-state index in [0.717, 1.165) is 12.1 Å². The van der Waals surface area contributed by atoms with Crippen LogP contribution < -0.4 is 11.1 Å². The van der Waals surface area contributed by atoms with E-state index in [0.29, 0.717) is 17.1 Å². The van der Waals surface area contributed by atoms with E-state index in [1.807, 2.05) is 6.07 Å². The molecule has 100 valence electrons. The van der Waals surface area contributed by atoms with Crippen LogP contribution in [0.25, 0.3) is 0 Å². The minimum absolute atomic E-state index is 0.0553. The average Bonchev–Trinajstić information content (AvgIpc) is 2.93. The zero-order valence-corrected chi connectivity index (χ0v) is 11.7. The smallest absolute Gasteiger partial charge is 0.170 e. The Morgan fingerprint density at radius 3 is 2.84 bits per heavy atom. The Morgan fingerprint density at radius 2 is 2.21 bits per heavy atom. The van der Waals surface area contributed by atoms with Gasteiger partial charge in [-0.2, -0.15) is 11.3 Å². The third kappa shape index (κ3) is 3.70. The number of nitrogens with two attached hydrogens (primary N) is 1. The van der Waals surface area contributed by atoms with Crippen LogP contribution in [-0.2, 0) is 13.1 Å². The molecule has 1 aromatic carbocycles. The Balaban J connectivity index is 1.97. The van der Waals surface area contributed by atoms with Crippen LogP contribution in [0, 0.1) is 0 Å². The van der Waals surface area contributed by atoms with Crippen LogP contribution in [-0.4, -0.2) is 11.0 Å². The van der Waals surface area contributed by atoms with Crippen molar-refractivity contribution in [1.29, 1.82) is 0 Å². The number of thiophene rings is 1. The van der Waals surface area contributed by atoms with Gasteiger partial charge >= 0.3 is 0 Å². The molecule has 2 rings (SSSR count). The predicted molar refractivity (Wildman–Crippen MR) is 78.8 cm³/mol. The van der Waals surface area contributed by atoms with Crippen molar-refractivity contribution in [3.63, 3.8) is 0 Å². The Morgan fingerprint density at radius 1 is 1.37 bits per heavy atom. The van der Waals surface area contributed by atoms with E-state index < -0.39 is 0 Å². The van der Waals surface area contributed by atoms with Crippen molar-refractivity contribution in [2.45, 2.75) is 13.1 Å². The van der Waals surface area contributed by atoms with Crippen LogP contribution in [0.15, 0.2) is 40.2 Å². The molecule has 0 saturated heterocycles. The Kier molecular flexibility index (Phi) is 4.79. The highest BCUT2D eigenvalue weighted by atomic mass is 35.5. The first-order valence-electron chi connectivity index (χ1n) is 5.69. The highest BCUT2D eigenvalue weighted by molar-refractivity contribution is 7.07. The minimum Gasteiger partial charge on any atom is -0.409 e. The molecule has 0 amide bonds. The lowest BCUT2D eigenvalue weighted by Gasteiger charge is -2.07. The number of benzene rings is 1. The Hall–Kier alpha value is -1.56. The molecule has 2 aromatic rings. The van der Waals surface area contributed by atoms with E-state index in [1.165, 1.54) is 5.56 Å². The maximum atomic E-state index is 8.60. The van der Waals surface area contributed by atoms with Crippen LogP contribution in [0.5, 0.6) is 0 Å². The number of rotatable bonds is 5. The fourth-order valence-electron chi connectivity index (χ4n) is 1.64. The molecule has 19 heavy (non-hydrogen) atoms. The molecule has 0 fully saturated rings. The van der Waals surface area contributed by atoms with E-state index >= 15 is 0 Å². The van der Waals surface area contributed by atoms with Crippen LogP contribution in [0.4, 0.5) is 0 Å². The SMILES string of the molecule is N/C(=N/O)c1ccc(CNCc2ccsc2)c(Cl)c1. The van der Waals surface area contributed by atoms with Gasteiger partial charge in [0.1, 0.15) is 0 Å². The molecule has 0 radical (unpaired) electrons. The summed E-state index contributed by atoms with van der Waals surface area (Å²) in [4.78, 5) is 0.